The Balaban J connectivity index is 2.22. The molecule has 0 aliphatic heterocycles. The third kappa shape index (κ3) is 3.61. The molecule has 0 atom stereocenters. The fourth-order valence-corrected chi connectivity index (χ4v) is 2.31. The highest BCUT2D eigenvalue weighted by atomic mass is 16.5. The summed E-state index contributed by atoms with van der Waals surface area (Å²) in [5.74, 6) is 0.554. The Morgan fingerprint density at radius 1 is 1.43 bits per heavy atom. The zero-order chi connectivity index (χ0) is 15.4. The molecule has 1 heterocycles. The Morgan fingerprint density at radius 2 is 2.19 bits per heavy atom. The van der Waals surface area contributed by atoms with Crippen molar-refractivity contribution >= 4 is 17.0 Å². The lowest BCUT2D eigenvalue weighted by molar-refractivity contribution is 0.0697. The van der Waals surface area contributed by atoms with Gasteiger partial charge in [-0.2, -0.15) is 0 Å². The van der Waals surface area contributed by atoms with Gasteiger partial charge in [0.1, 0.15) is 5.82 Å². The molecule has 0 saturated heterocycles. The summed E-state index contributed by atoms with van der Waals surface area (Å²) in [6, 6.07) is 5.08. The van der Waals surface area contributed by atoms with Crippen molar-refractivity contribution in [3.8, 4) is 0 Å². The van der Waals surface area contributed by atoms with E-state index in [2.05, 4.69) is 23.4 Å². The minimum Gasteiger partial charge on any atom is -0.478 e. The van der Waals surface area contributed by atoms with Gasteiger partial charge in [0.15, 0.2) is 0 Å². The second kappa shape index (κ2) is 6.72. The van der Waals surface area contributed by atoms with Crippen LogP contribution in [0.2, 0.25) is 0 Å². The highest BCUT2D eigenvalue weighted by Gasteiger charge is 2.12. The topological polar surface area (TPSA) is 64.3 Å². The van der Waals surface area contributed by atoms with Gasteiger partial charge in [0, 0.05) is 19.6 Å². The number of carboxylic acid groups (broad SMARTS) is 1. The van der Waals surface area contributed by atoms with Crippen LogP contribution in [0.15, 0.2) is 18.2 Å². The summed E-state index contributed by atoms with van der Waals surface area (Å²) in [4.78, 5) is 15.6. The number of fused-ring (bicyclic) bond motifs is 1. The molecule has 0 amide bonds. The molecule has 0 aliphatic rings. The first-order valence-electron chi connectivity index (χ1n) is 7.33. The number of hydrogen-bond donors (Lipinski definition) is 1. The molecular weight excluding hydrogens is 268 g/mol. The van der Waals surface area contributed by atoms with Gasteiger partial charge in [-0.25, -0.2) is 9.78 Å². The van der Waals surface area contributed by atoms with Gasteiger partial charge in [0.05, 0.1) is 23.2 Å². The van der Waals surface area contributed by atoms with Gasteiger partial charge in [0.25, 0.3) is 0 Å². The summed E-state index contributed by atoms with van der Waals surface area (Å²) >= 11 is 0. The Kier molecular flexibility index (Phi) is 4.96. The molecule has 0 fully saturated rings. The van der Waals surface area contributed by atoms with E-state index in [-0.39, 0.29) is 5.56 Å². The van der Waals surface area contributed by atoms with Crippen molar-refractivity contribution in [3.05, 3.63) is 29.6 Å². The van der Waals surface area contributed by atoms with Crippen molar-refractivity contribution in [2.24, 2.45) is 5.92 Å². The second-order valence-electron chi connectivity index (χ2n) is 5.51. The van der Waals surface area contributed by atoms with Gasteiger partial charge in [-0.1, -0.05) is 20.8 Å². The molecule has 0 unspecified atom stereocenters. The lowest BCUT2D eigenvalue weighted by atomic mass is 10.2. The summed E-state index contributed by atoms with van der Waals surface area (Å²) in [5, 5.41) is 9.05. The van der Waals surface area contributed by atoms with E-state index in [4.69, 9.17) is 9.84 Å². The fourth-order valence-electron chi connectivity index (χ4n) is 2.31. The molecular formula is C16H22N2O3. The van der Waals surface area contributed by atoms with E-state index in [9.17, 15) is 4.79 Å². The molecule has 1 aromatic heterocycles. The Labute approximate surface area is 124 Å². The van der Waals surface area contributed by atoms with Crippen molar-refractivity contribution in [2.45, 2.75) is 33.7 Å². The number of benzene rings is 1. The molecule has 2 aromatic rings. The molecule has 1 aromatic carbocycles. The van der Waals surface area contributed by atoms with Gasteiger partial charge >= 0.3 is 5.97 Å². The monoisotopic (exact) mass is 290 g/mol. The quantitative estimate of drug-likeness (QED) is 0.796. The van der Waals surface area contributed by atoms with Crippen LogP contribution in [-0.2, 0) is 17.7 Å². The molecule has 0 aliphatic carbocycles. The summed E-state index contributed by atoms with van der Waals surface area (Å²) in [5.41, 5.74) is 1.96. The Morgan fingerprint density at radius 3 is 2.81 bits per heavy atom. The summed E-state index contributed by atoms with van der Waals surface area (Å²) in [7, 11) is 0. The molecule has 0 bridgehead atoms. The number of imidazole rings is 1. The SMILES string of the molecule is CCc1nc2cc(C(=O)O)ccc2n1CCOCC(C)C. The van der Waals surface area contributed by atoms with E-state index >= 15 is 0 Å². The van der Waals surface area contributed by atoms with E-state index in [1.165, 1.54) is 0 Å². The van der Waals surface area contributed by atoms with Gasteiger partial charge in [-0.3, -0.25) is 0 Å². The van der Waals surface area contributed by atoms with Crippen LogP contribution >= 0.6 is 0 Å². The lowest BCUT2D eigenvalue weighted by Gasteiger charge is -2.10. The molecule has 1 N–H and O–H groups in total. The average Bonchev–Trinajstić information content (AvgIpc) is 2.80. The number of rotatable bonds is 7. The first-order valence-corrected chi connectivity index (χ1v) is 7.33. The molecule has 5 heteroatoms. The average molecular weight is 290 g/mol. The number of aromatic carboxylic acids is 1. The fraction of sp³-hybridized carbons (Fsp3) is 0.500. The molecule has 0 saturated carbocycles. The number of ether oxygens (including phenoxy) is 1. The first-order chi connectivity index (χ1) is 10.0. The van der Waals surface area contributed by atoms with Crippen LogP contribution in [-0.4, -0.2) is 33.8 Å². The van der Waals surface area contributed by atoms with Crippen molar-refractivity contribution in [1.82, 2.24) is 9.55 Å². The Hall–Kier alpha value is -1.88. The minimum absolute atomic E-state index is 0.269. The molecule has 0 spiro atoms. The predicted molar refractivity (Wildman–Crippen MR) is 81.7 cm³/mol. The largest absolute Gasteiger partial charge is 0.478 e. The summed E-state index contributed by atoms with van der Waals surface area (Å²) in [6.45, 7) is 8.41. The molecule has 2 rings (SSSR count). The highest BCUT2D eigenvalue weighted by Crippen LogP contribution is 2.18. The van der Waals surface area contributed by atoms with E-state index in [1.54, 1.807) is 12.1 Å². The smallest absolute Gasteiger partial charge is 0.335 e. The standard InChI is InChI=1S/C16H22N2O3/c1-4-15-17-13-9-12(16(19)20)5-6-14(13)18(15)7-8-21-10-11(2)3/h5-6,9,11H,4,7-8,10H2,1-3H3,(H,19,20). The summed E-state index contributed by atoms with van der Waals surface area (Å²) < 4.78 is 7.75. The van der Waals surface area contributed by atoms with Crippen LogP contribution in [0.1, 0.15) is 37.0 Å². The highest BCUT2D eigenvalue weighted by molar-refractivity contribution is 5.92. The van der Waals surface area contributed by atoms with E-state index < -0.39 is 5.97 Å². The number of aryl methyl sites for hydroxylation is 1. The van der Waals surface area contributed by atoms with Crippen LogP contribution in [0.3, 0.4) is 0 Å². The van der Waals surface area contributed by atoms with Crippen LogP contribution in [0.5, 0.6) is 0 Å². The van der Waals surface area contributed by atoms with E-state index in [0.717, 1.165) is 36.4 Å². The van der Waals surface area contributed by atoms with E-state index in [0.29, 0.717) is 12.5 Å². The number of nitrogens with zero attached hydrogens (tertiary/aromatic N) is 2. The number of aromatic nitrogens is 2. The maximum atomic E-state index is 11.0. The number of carbonyl (C=O) groups is 1. The molecule has 21 heavy (non-hydrogen) atoms. The minimum atomic E-state index is -0.926. The van der Waals surface area contributed by atoms with Crippen molar-refractivity contribution < 1.29 is 14.6 Å². The van der Waals surface area contributed by atoms with Crippen molar-refractivity contribution in [1.29, 1.82) is 0 Å². The summed E-state index contributed by atoms with van der Waals surface area (Å²) in [6.07, 6.45) is 0.807. The zero-order valence-electron chi connectivity index (χ0n) is 12.8. The third-order valence-electron chi connectivity index (χ3n) is 3.30. The predicted octanol–water partition coefficient (Wildman–Crippen LogP) is 2.97. The number of hydrogen-bond acceptors (Lipinski definition) is 3. The Bertz CT molecular complexity index is 632. The third-order valence-corrected chi connectivity index (χ3v) is 3.30. The molecule has 114 valence electrons. The van der Waals surface area contributed by atoms with Gasteiger partial charge in [-0.15, -0.1) is 0 Å². The van der Waals surface area contributed by atoms with Crippen LogP contribution < -0.4 is 0 Å². The van der Waals surface area contributed by atoms with E-state index in [1.807, 2.05) is 13.0 Å². The van der Waals surface area contributed by atoms with Crippen molar-refractivity contribution in [3.63, 3.8) is 0 Å². The van der Waals surface area contributed by atoms with Crippen LogP contribution in [0.4, 0.5) is 0 Å². The zero-order valence-corrected chi connectivity index (χ0v) is 12.8. The molecule has 0 radical (unpaired) electrons. The van der Waals surface area contributed by atoms with Crippen LogP contribution in [0.25, 0.3) is 11.0 Å². The first kappa shape index (κ1) is 15.5. The lowest BCUT2D eigenvalue weighted by Crippen LogP contribution is -2.11. The van der Waals surface area contributed by atoms with Gasteiger partial charge < -0.3 is 14.4 Å². The van der Waals surface area contributed by atoms with Crippen LogP contribution in [0, 0.1) is 5.92 Å². The van der Waals surface area contributed by atoms with Gasteiger partial charge in [-0.05, 0) is 24.1 Å². The maximum Gasteiger partial charge on any atom is 0.335 e. The second-order valence-corrected chi connectivity index (χ2v) is 5.51. The number of carboxylic acids is 1. The normalized spacial score (nSPS) is 11.4. The maximum absolute atomic E-state index is 11.0. The van der Waals surface area contributed by atoms with Crippen molar-refractivity contribution in [2.75, 3.05) is 13.2 Å². The van der Waals surface area contributed by atoms with Gasteiger partial charge in [0.2, 0.25) is 0 Å². The molecule has 5 nitrogen and oxygen atoms in total.